The molecule has 4 aromatic rings. The third-order valence-electron chi connectivity index (χ3n) is 5.96. The van der Waals surface area contributed by atoms with Gasteiger partial charge in [0.1, 0.15) is 6.04 Å². The van der Waals surface area contributed by atoms with E-state index in [0.29, 0.717) is 51.5 Å². The van der Waals surface area contributed by atoms with Crippen LogP contribution in [0.3, 0.4) is 0 Å². The molecule has 1 aliphatic heterocycles. The van der Waals surface area contributed by atoms with Crippen molar-refractivity contribution in [1.82, 2.24) is 24.7 Å². The SMILES string of the molecule is COc1cc(C2C(C(=O)Nc3cccnc3)=C(C)Nc3nc(-c4ccncc4)nn32)cc(OC)c1OC. The highest BCUT2D eigenvalue weighted by molar-refractivity contribution is 6.06. The number of nitrogens with one attached hydrogen (secondary N) is 2. The van der Waals surface area contributed by atoms with E-state index in [1.54, 1.807) is 68.0 Å². The van der Waals surface area contributed by atoms with E-state index >= 15 is 0 Å². The molecule has 4 heterocycles. The lowest BCUT2D eigenvalue weighted by Crippen LogP contribution is -2.31. The first-order valence-electron chi connectivity index (χ1n) is 11.4. The molecule has 1 atom stereocenters. The zero-order valence-corrected chi connectivity index (χ0v) is 20.7. The fraction of sp³-hybridized carbons (Fsp3) is 0.192. The molecule has 0 saturated carbocycles. The first-order chi connectivity index (χ1) is 18.0. The number of amides is 1. The van der Waals surface area contributed by atoms with Gasteiger partial charge in [0.05, 0.1) is 38.8 Å². The number of nitrogens with zero attached hydrogens (tertiary/aromatic N) is 5. The molecule has 1 aliphatic rings. The van der Waals surface area contributed by atoms with E-state index in [9.17, 15) is 4.79 Å². The van der Waals surface area contributed by atoms with Gasteiger partial charge in [-0.2, -0.15) is 4.98 Å². The van der Waals surface area contributed by atoms with Crippen LogP contribution in [0, 0.1) is 0 Å². The van der Waals surface area contributed by atoms with Gasteiger partial charge in [-0.1, -0.05) is 0 Å². The fourth-order valence-electron chi connectivity index (χ4n) is 4.27. The number of aromatic nitrogens is 5. The van der Waals surface area contributed by atoms with Gasteiger partial charge in [0.15, 0.2) is 17.3 Å². The molecule has 1 aromatic carbocycles. The van der Waals surface area contributed by atoms with Crippen LogP contribution in [-0.2, 0) is 4.79 Å². The minimum Gasteiger partial charge on any atom is -0.493 e. The van der Waals surface area contributed by atoms with Gasteiger partial charge in [0.2, 0.25) is 11.7 Å². The number of rotatable bonds is 7. The average Bonchev–Trinajstić information content (AvgIpc) is 3.36. The first kappa shape index (κ1) is 23.8. The van der Waals surface area contributed by atoms with E-state index in [-0.39, 0.29) is 5.91 Å². The Morgan fingerprint density at radius 3 is 2.35 bits per heavy atom. The van der Waals surface area contributed by atoms with Gasteiger partial charge in [0.25, 0.3) is 5.91 Å². The van der Waals surface area contributed by atoms with Crippen molar-refractivity contribution in [3.63, 3.8) is 0 Å². The summed E-state index contributed by atoms with van der Waals surface area (Å²) in [5, 5.41) is 11.0. The zero-order valence-electron chi connectivity index (χ0n) is 20.7. The molecule has 0 radical (unpaired) electrons. The van der Waals surface area contributed by atoms with Crippen LogP contribution in [0.1, 0.15) is 18.5 Å². The summed E-state index contributed by atoms with van der Waals surface area (Å²) in [4.78, 5) is 26.5. The van der Waals surface area contributed by atoms with Crippen LogP contribution in [0.25, 0.3) is 11.4 Å². The lowest BCUT2D eigenvalue weighted by atomic mass is 9.94. The number of benzene rings is 1. The van der Waals surface area contributed by atoms with Crippen molar-refractivity contribution in [2.75, 3.05) is 32.0 Å². The summed E-state index contributed by atoms with van der Waals surface area (Å²) in [7, 11) is 4.63. The average molecular weight is 500 g/mol. The molecular formula is C26H25N7O4. The van der Waals surface area contributed by atoms with Crippen LogP contribution in [0.2, 0.25) is 0 Å². The van der Waals surface area contributed by atoms with Gasteiger partial charge in [0, 0.05) is 29.9 Å². The number of pyridine rings is 2. The van der Waals surface area contributed by atoms with Gasteiger partial charge < -0.3 is 24.8 Å². The number of ether oxygens (including phenoxy) is 3. The van der Waals surface area contributed by atoms with Gasteiger partial charge in [-0.05, 0) is 48.9 Å². The Hall–Kier alpha value is -4.93. The lowest BCUT2D eigenvalue weighted by molar-refractivity contribution is -0.113. The molecule has 37 heavy (non-hydrogen) atoms. The van der Waals surface area contributed by atoms with E-state index < -0.39 is 6.04 Å². The van der Waals surface area contributed by atoms with Crippen LogP contribution in [0.15, 0.2) is 72.5 Å². The summed E-state index contributed by atoms with van der Waals surface area (Å²) in [6, 6.07) is 10.1. The number of methoxy groups -OCH3 is 3. The Labute approximate surface area is 213 Å². The second kappa shape index (κ2) is 9.97. The highest BCUT2D eigenvalue weighted by atomic mass is 16.5. The van der Waals surface area contributed by atoms with Crippen molar-refractivity contribution < 1.29 is 19.0 Å². The Morgan fingerprint density at radius 2 is 1.73 bits per heavy atom. The molecule has 1 amide bonds. The summed E-state index contributed by atoms with van der Waals surface area (Å²) in [6.45, 7) is 1.83. The molecule has 188 valence electrons. The monoisotopic (exact) mass is 499 g/mol. The van der Waals surface area contributed by atoms with Crippen molar-refractivity contribution in [1.29, 1.82) is 0 Å². The second-order valence-corrected chi connectivity index (χ2v) is 8.16. The van der Waals surface area contributed by atoms with Gasteiger partial charge in [-0.25, -0.2) is 4.68 Å². The smallest absolute Gasteiger partial charge is 0.255 e. The van der Waals surface area contributed by atoms with Crippen molar-refractivity contribution in [2.24, 2.45) is 0 Å². The summed E-state index contributed by atoms with van der Waals surface area (Å²) >= 11 is 0. The van der Waals surface area contributed by atoms with E-state index in [2.05, 4.69) is 20.6 Å². The molecule has 0 saturated heterocycles. The normalized spacial score (nSPS) is 14.4. The Kier molecular flexibility index (Phi) is 6.42. The van der Waals surface area contributed by atoms with Gasteiger partial charge >= 0.3 is 0 Å². The minimum atomic E-state index is -0.662. The van der Waals surface area contributed by atoms with Gasteiger partial charge in [-0.3, -0.25) is 14.8 Å². The third kappa shape index (κ3) is 4.42. The number of fused-ring (bicyclic) bond motifs is 1. The third-order valence-corrected chi connectivity index (χ3v) is 5.96. The summed E-state index contributed by atoms with van der Waals surface area (Å²) in [6.07, 6.45) is 6.58. The standard InChI is InChI=1S/C26H25N7O4/c1-15-21(25(34)30-18-6-5-9-28-14-18)22(17-12-19(35-2)23(37-4)20(13-17)36-3)33-26(29-15)31-24(32-33)16-7-10-27-11-8-16/h5-14,22H,1-4H3,(H,30,34)(H,29,31,32). The Balaban J connectivity index is 1.68. The maximum atomic E-state index is 13.7. The number of anilines is 2. The molecule has 0 bridgehead atoms. The van der Waals surface area contributed by atoms with E-state index in [1.165, 1.54) is 7.11 Å². The molecule has 11 heteroatoms. The van der Waals surface area contributed by atoms with Crippen LogP contribution in [-0.4, -0.2) is 52.0 Å². The summed E-state index contributed by atoms with van der Waals surface area (Å²) < 4.78 is 18.4. The molecular weight excluding hydrogens is 474 g/mol. The van der Waals surface area contributed by atoms with Crippen LogP contribution < -0.4 is 24.8 Å². The maximum absolute atomic E-state index is 13.7. The highest BCUT2D eigenvalue weighted by Gasteiger charge is 2.36. The highest BCUT2D eigenvalue weighted by Crippen LogP contribution is 2.44. The van der Waals surface area contributed by atoms with Crippen LogP contribution in [0.4, 0.5) is 11.6 Å². The molecule has 2 N–H and O–H groups in total. The second-order valence-electron chi connectivity index (χ2n) is 8.16. The Morgan fingerprint density at radius 1 is 1.00 bits per heavy atom. The molecule has 11 nitrogen and oxygen atoms in total. The molecule has 0 fully saturated rings. The lowest BCUT2D eigenvalue weighted by Gasteiger charge is -2.29. The first-order valence-corrected chi connectivity index (χ1v) is 11.4. The van der Waals surface area contributed by atoms with Crippen molar-refractivity contribution in [2.45, 2.75) is 13.0 Å². The van der Waals surface area contributed by atoms with Gasteiger partial charge in [-0.15, -0.1) is 5.10 Å². The fourth-order valence-corrected chi connectivity index (χ4v) is 4.27. The van der Waals surface area contributed by atoms with E-state index in [0.717, 1.165) is 5.56 Å². The zero-order chi connectivity index (χ0) is 25.9. The number of hydrogen-bond donors (Lipinski definition) is 2. The summed E-state index contributed by atoms with van der Waals surface area (Å²) in [5.41, 5.74) is 3.12. The predicted molar refractivity (Wildman–Crippen MR) is 137 cm³/mol. The quantitative estimate of drug-likeness (QED) is 0.392. The van der Waals surface area contributed by atoms with Crippen molar-refractivity contribution in [3.05, 3.63) is 78.0 Å². The van der Waals surface area contributed by atoms with Crippen LogP contribution in [0.5, 0.6) is 17.2 Å². The number of carbonyl (C=O) groups excluding carboxylic acids is 1. The Bertz CT molecular complexity index is 1440. The largest absolute Gasteiger partial charge is 0.493 e. The minimum absolute atomic E-state index is 0.316. The maximum Gasteiger partial charge on any atom is 0.255 e. The number of carbonyl (C=O) groups is 1. The molecule has 0 spiro atoms. The van der Waals surface area contributed by atoms with E-state index in [1.807, 2.05) is 19.1 Å². The molecule has 3 aromatic heterocycles. The topological polar surface area (TPSA) is 125 Å². The molecule has 0 aliphatic carbocycles. The van der Waals surface area contributed by atoms with Crippen molar-refractivity contribution >= 4 is 17.5 Å². The number of allylic oxidation sites excluding steroid dienone is 1. The number of hydrogen-bond acceptors (Lipinski definition) is 9. The summed E-state index contributed by atoms with van der Waals surface area (Å²) in [5.74, 6) is 2.02. The molecule has 1 unspecified atom stereocenters. The predicted octanol–water partition coefficient (Wildman–Crippen LogP) is 3.69. The van der Waals surface area contributed by atoms with Crippen LogP contribution >= 0.6 is 0 Å². The van der Waals surface area contributed by atoms with Crippen molar-refractivity contribution in [3.8, 4) is 28.6 Å². The molecule has 5 rings (SSSR count). The van der Waals surface area contributed by atoms with E-state index in [4.69, 9.17) is 24.3 Å².